The lowest BCUT2D eigenvalue weighted by atomic mass is 10.0. The minimum absolute atomic E-state index is 0.0773. The maximum Gasteiger partial charge on any atom is 0.273 e. The molecule has 4 aromatic rings. The first-order valence-electron chi connectivity index (χ1n) is 12.0. The molecule has 0 atom stereocenters. The molecule has 0 radical (unpaired) electrons. The lowest BCUT2D eigenvalue weighted by Gasteiger charge is -2.14. The van der Waals surface area contributed by atoms with Gasteiger partial charge in [-0.05, 0) is 73.2 Å². The molecule has 0 fully saturated rings. The SMILES string of the molecule is O=C(/C=C/c1cc(F)cc2c3c(n(Cc4ccc(Cl)cc4Cl)c12)CCCCC3)NS(=O)(=O)c1cc(Cl)c(Cl)s1. The smallest absolute Gasteiger partial charge is 0.273 e. The molecule has 0 saturated heterocycles. The second-order valence-electron chi connectivity index (χ2n) is 9.19. The number of thiophene rings is 1. The average molecular weight is 646 g/mol. The van der Waals surface area contributed by atoms with Gasteiger partial charge in [-0.3, -0.25) is 4.79 Å². The van der Waals surface area contributed by atoms with Gasteiger partial charge in [-0.25, -0.2) is 17.5 Å². The van der Waals surface area contributed by atoms with Gasteiger partial charge in [0.15, 0.2) is 0 Å². The van der Waals surface area contributed by atoms with Crippen molar-refractivity contribution in [2.75, 3.05) is 0 Å². The summed E-state index contributed by atoms with van der Waals surface area (Å²) in [4.78, 5) is 12.6. The lowest BCUT2D eigenvalue weighted by Crippen LogP contribution is -2.28. The molecule has 0 aliphatic heterocycles. The zero-order valence-electron chi connectivity index (χ0n) is 20.2. The molecule has 2 heterocycles. The van der Waals surface area contributed by atoms with Crippen molar-refractivity contribution in [3.05, 3.63) is 90.1 Å². The highest BCUT2D eigenvalue weighted by Crippen LogP contribution is 2.37. The third-order valence-corrected chi connectivity index (χ3v) is 10.9. The molecule has 39 heavy (non-hydrogen) atoms. The van der Waals surface area contributed by atoms with Gasteiger partial charge in [0.1, 0.15) is 14.4 Å². The molecule has 2 aromatic carbocycles. The van der Waals surface area contributed by atoms with Gasteiger partial charge < -0.3 is 4.57 Å². The number of hydrogen-bond donors (Lipinski definition) is 1. The number of sulfonamides is 1. The van der Waals surface area contributed by atoms with Crippen molar-refractivity contribution in [2.45, 2.75) is 42.9 Å². The van der Waals surface area contributed by atoms with Crippen LogP contribution in [0.25, 0.3) is 17.0 Å². The monoisotopic (exact) mass is 644 g/mol. The third-order valence-electron chi connectivity index (χ3n) is 6.59. The summed E-state index contributed by atoms with van der Waals surface area (Å²) in [6, 6.07) is 9.34. The van der Waals surface area contributed by atoms with Crippen molar-refractivity contribution in [1.29, 1.82) is 0 Å². The fourth-order valence-electron chi connectivity index (χ4n) is 4.90. The zero-order valence-corrected chi connectivity index (χ0v) is 24.9. The molecule has 0 bridgehead atoms. The highest BCUT2D eigenvalue weighted by Gasteiger charge is 2.23. The molecule has 1 amide bonds. The van der Waals surface area contributed by atoms with E-state index in [1.54, 1.807) is 12.1 Å². The highest BCUT2D eigenvalue weighted by atomic mass is 35.5. The number of aromatic nitrogens is 1. The van der Waals surface area contributed by atoms with E-state index < -0.39 is 21.7 Å². The molecule has 12 heteroatoms. The van der Waals surface area contributed by atoms with E-state index in [2.05, 4.69) is 4.57 Å². The second kappa shape index (κ2) is 11.4. The molecule has 1 N–H and O–H groups in total. The third kappa shape index (κ3) is 6.01. The lowest BCUT2D eigenvalue weighted by molar-refractivity contribution is -0.114. The number of halogens is 5. The van der Waals surface area contributed by atoms with E-state index in [1.807, 2.05) is 10.8 Å². The van der Waals surface area contributed by atoms with Gasteiger partial charge in [-0.1, -0.05) is 58.9 Å². The number of aryl methyl sites for hydroxylation is 1. The Bertz CT molecular complexity index is 1730. The zero-order chi connectivity index (χ0) is 27.9. The molecule has 1 aliphatic carbocycles. The van der Waals surface area contributed by atoms with E-state index in [-0.39, 0.29) is 13.6 Å². The van der Waals surface area contributed by atoms with Gasteiger partial charge in [0, 0.05) is 39.3 Å². The number of carbonyl (C=O) groups excluding carboxylic acids is 1. The van der Waals surface area contributed by atoms with E-state index in [0.717, 1.165) is 77.2 Å². The summed E-state index contributed by atoms with van der Waals surface area (Å²) in [6.45, 7) is 0.425. The van der Waals surface area contributed by atoms with Crippen LogP contribution in [0.2, 0.25) is 19.4 Å². The predicted octanol–water partition coefficient (Wildman–Crippen LogP) is 8.29. The van der Waals surface area contributed by atoms with Crippen LogP contribution in [0.4, 0.5) is 4.39 Å². The van der Waals surface area contributed by atoms with E-state index in [1.165, 1.54) is 24.3 Å². The number of nitrogens with one attached hydrogen (secondary N) is 1. The van der Waals surface area contributed by atoms with Crippen LogP contribution in [0.15, 0.2) is 46.7 Å². The largest absolute Gasteiger partial charge is 0.339 e. The minimum atomic E-state index is -4.19. The van der Waals surface area contributed by atoms with Crippen LogP contribution in [-0.4, -0.2) is 18.9 Å². The first kappa shape index (κ1) is 28.5. The Hall–Kier alpha value is -2.07. The Labute approximate surface area is 249 Å². The van der Waals surface area contributed by atoms with Gasteiger partial charge in [0.05, 0.1) is 10.5 Å². The van der Waals surface area contributed by atoms with Crippen LogP contribution in [0.5, 0.6) is 0 Å². The fraction of sp³-hybridized carbons (Fsp3) is 0.222. The molecule has 5 rings (SSSR count). The maximum atomic E-state index is 14.9. The van der Waals surface area contributed by atoms with Crippen molar-refractivity contribution < 1.29 is 17.6 Å². The summed E-state index contributed by atoms with van der Waals surface area (Å²) in [6.07, 6.45) is 7.20. The van der Waals surface area contributed by atoms with Crippen molar-refractivity contribution in [1.82, 2.24) is 9.29 Å². The maximum absolute atomic E-state index is 14.9. The second-order valence-corrected chi connectivity index (χ2v) is 14.0. The molecule has 0 saturated carbocycles. The summed E-state index contributed by atoms with van der Waals surface area (Å²) < 4.78 is 44.1. The Morgan fingerprint density at radius 2 is 1.79 bits per heavy atom. The number of nitrogens with zero attached hydrogens (tertiary/aromatic N) is 1. The van der Waals surface area contributed by atoms with Gasteiger partial charge in [0.2, 0.25) is 0 Å². The van der Waals surface area contributed by atoms with E-state index in [9.17, 15) is 17.6 Å². The van der Waals surface area contributed by atoms with Crippen LogP contribution in [0.1, 0.15) is 41.6 Å². The van der Waals surface area contributed by atoms with Crippen LogP contribution >= 0.6 is 57.7 Å². The van der Waals surface area contributed by atoms with Crippen molar-refractivity contribution >= 4 is 90.6 Å². The van der Waals surface area contributed by atoms with E-state index in [0.29, 0.717) is 22.2 Å². The van der Waals surface area contributed by atoms with Crippen molar-refractivity contribution in [2.24, 2.45) is 0 Å². The Balaban J connectivity index is 1.56. The van der Waals surface area contributed by atoms with E-state index >= 15 is 0 Å². The number of hydrogen-bond acceptors (Lipinski definition) is 4. The number of benzene rings is 2. The van der Waals surface area contributed by atoms with E-state index in [4.69, 9.17) is 46.4 Å². The molecular formula is C27H21Cl4FN2O3S2. The fourth-order valence-corrected chi connectivity index (χ4v) is 8.20. The molecule has 5 nitrogen and oxygen atoms in total. The van der Waals surface area contributed by atoms with Gasteiger partial charge in [-0.2, -0.15) is 0 Å². The first-order chi connectivity index (χ1) is 18.5. The summed E-state index contributed by atoms with van der Waals surface area (Å²) in [7, 11) is -4.19. The Morgan fingerprint density at radius 1 is 1.03 bits per heavy atom. The minimum Gasteiger partial charge on any atom is -0.339 e. The van der Waals surface area contributed by atoms with Crippen LogP contribution in [-0.2, 0) is 34.2 Å². The molecular weight excluding hydrogens is 625 g/mol. The Kier molecular flexibility index (Phi) is 8.34. The summed E-state index contributed by atoms with van der Waals surface area (Å²) in [5.41, 5.74) is 4.23. The topological polar surface area (TPSA) is 68.2 Å². The predicted molar refractivity (Wildman–Crippen MR) is 157 cm³/mol. The van der Waals surface area contributed by atoms with Crippen molar-refractivity contribution in [3.63, 3.8) is 0 Å². The standard InChI is InChI=1S/C27H21Cl4FN2O3S2/c28-17-8-6-16(21(29)11-17)14-34-23-5-3-1-2-4-19(23)20-12-18(32)10-15(26(20)34)7-9-24(35)33-39(36,37)25-13-22(30)27(31)38-25/h6-13H,1-5,14H2,(H,33,35)/b9-7+. The normalized spacial score (nSPS) is 14.1. The van der Waals surface area contributed by atoms with Crippen molar-refractivity contribution in [3.8, 4) is 0 Å². The van der Waals surface area contributed by atoms with Crippen LogP contribution < -0.4 is 4.72 Å². The quantitative estimate of drug-likeness (QED) is 0.169. The molecule has 204 valence electrons. The van der Waals surface area contributed by atoms with Crippen LogP contribution in [0.3, 0.4) is 0 Å². The summed E-state index contributed by atoms with van der Waals surface area (Å²) in [5.74, 6) is -1.35. The molecule has 1 aliphatic rings. The number of amides is 1. The number of fused-ring (bicyclic) bond motifs is 3. The van der Waals surface area contributed by atoms with Gasteiger partial charge in [0.25, 0.3) is 15.9 Å². The first-order valence-corrected chi connectivity index (χ1v) is 15.8. The molecule has 0 unspecified atom stereocenters. The highest BCUT2D eigenvalue weighted by molar-refractivity contribution is 7.92. The van der Waals surface area contributed by atoms with Gasteiger partial charge >= 0.3 is 0 Å². The average Bonchev–Trinajstić information content (AvgIpc) is 3.23. The summed E-state index contributed by atoms with van der Waals surface area (Å²) >= 11 is 25.1. The van der Waals surface area contributed by atoms with Crippen LogP contribution in [0, 0.1) is 5.82 Å². The Morgan fingerprint density at radius 3 is 2.51 bits per heavy atom. The number of rotatable bonds is 6. The molecule has 2 aromatic heterocycles. The molecule has 0 spiro atoms. The van der Waals surface area contributed by atoms with Gasteiger partial charge in [-0.15, -0.1) is 11.3 Å². The summed E-state index contributed by atoms with van der Waals surface area (Å²) in [5, 5.41) is 1.89. The number of carbonyl (C=O) groups is 1.